The smallest absolute Gasteiger partial charge is 0.220 e. The standard InChI is InChI=1S/C15H15N3O2S/c16-8-11-7-12(21-10-11)9-18-13-3-1-2-4-14(13)20-6-5-15(17)19/h1-4,7,10,18H,5-6,9H2,(H2,17,19). The van der Waals surface area contributed by atoms with Crippen LogP contribution in [0.1, 0.15) is 16.9 Å². The summed E-state index contributed by atoms with van der Waals surface area (Å²) in [4.78, 5) is 11.8. The molecule has 0 saturated heterocycles. The van der Waals surface area contributed by atoms with Gasteiger partial charge >= 0.3 is 0 Å². The number of ether oxygens (including phenoxy) is 1. The van der Waals surface area contributed by atoms with Crippen molar-refractivity contribution in [3.63, 3.8) is 0 Å². The summed E-state index contributed by atoms with van der Waals surface area (Å²) in [6, 6.07) is 11.5. The summed E-state index contributed by atoms with van der Waals surface area (Å²) in [7, 11) is 0. The Morgan fingerprint density at radius 1 is 1.43 bits per heavy atom. The molecule has 21 heavy (non-hydrogen) atoms. The van der Waals surface area contributed by atoms with Gasteiger partial charge in [-0.1, -0.05) is 12.1 Å². The molecule has 2 rings (SSSR count). The van der Waals surface area contributed by atoms with E-state index in [9.17, 15) is 4.79 Å². The number of carbonyl (C=O) groups excluding carboxylic acids is 1. The number of rotatable bonds is 7. The molecule has 6 heteroatoms. The quantitative estimate of drug-likeness (QED) is 0.822. The summed E-state index contributed by atoms with van der Waals surface area (Å²) in [5.74, 6) is 0.291. The van der Waals surface area contributed by atoms with Gasteiger partial charge in [-0.15, -0.1) is 11.3 Å². The first-order valence-electron chi connectivity index (χ1n) is 6.40. The lowest BCUT2D eigenvalue weighted by molar-refractivity contribution is -0.118. The molecule has 2 aromatic rings. The number of amides is 1. The first kappa shape index (κ1) is 14.9. The molecular weight excluding hydrogens is 286 g/mol. The second-order valence-corrected chi connectivity index (χ2v) is 5.32. The zero-order valence-electron chi connectivity index (χ0n) is 11.3. The molecule has 0 aliphatic rings. The second-order valence-electron chi connectivity index (χ2n) is 4.33. The van der Waals surface area contributed by atoms with Gasteiger partial charge in [0.2, 0.25) is 5.91 Å². The van der Waals surface area contributed by atoms with Gasteiger partial charge in [0.1, 0.15) is 11.8 Å². The number of thiophene rings is 1. The van der Waals surface area contributed by atoms with E-state index >= 15 is 0 Å². The van der Waals surface area contributed by atoms with E-state index < -0.39 is 0 Å². The fourth-order valence-electron chi connectivity index (χ4n) is 1.71. The zero-order chi connectivity index (χ0) is 15.1. The fraction of sp³-hybridized carbons (Fsp3) is 0.200. The van der Waals surface area contributed by atoms with Crippen molar-refractivity contribution in [2.24, 2.45) is 5.73 Å². The molecule has 0 radical (unpaired) electrons. The number of nitrogens with one attached hydrogen (secondary N) is 1. The molecular formula is C15H15N3O2S. The Hall–Kier alpha value is -2.52. The van der Waals surface area contributed by atoms with Crippen molar-refractivity contribution in [2.45, 2.75) is 13.0 Å². The van der Waals surface area contributed by atoms with Crippen LogP contribution in [-0.2, 0) is 11.3 Å². The second kappa shape index (κ2) is 7.31. The minimum absolute atomic E-state index is 0.185. The van der Waals surface area contributed by atoms with Crippen molar-refractivity contribution in [3.05, 3.63) is 46.2 Å². The first-order valence-corrected chi connectivity index (χ1v) is 7.28. The fourth-order valence-corrected chi connectivity index (χ4v) is 2.46. The Balaban J connectivity index is 1.96. The van der Waals surface area contributed by atoms with Crippen LogP contribution in [0.4, 0.5) is 5.69 Å². The molecule has 5 nitrogen and oxygen atoms in total. The largest absolute Gasteiger partial charge is 0.491 e. The van der Waals surface area contributed by atoms with Crippen molar-refractivity contribution in [2.75, 3.05) is 11.9 Å². The number of benzene rings is 1. The number of hydrogen-bond acceptors (Lipinski definition) is 5. The van der Waals surface area contributed by atoms with Crippen LogP contribution < -0.4 is 15.8 Å². The molecule has 1 aromatic heterocycles. The Kier molecular flexibility index (Phi) is 5.18. The molecule has 1 heterocycles. The third kappa shape index (κ3) is 4.51. The molecule has 0 aliphatic heterocycles. The number of hydrogen-bond donors (Lipinski definition) is 2. The Bertz CT molecular complexity index is 661. The van der Waals surface area contributed by atoms with Crippen LogP contribution in [0.25, 0.3) is 0 Å². The Morgan fingerprint density at radius 2 is 2.24 bits per heavy atom. The minimum atomic E-state index is -0.386. The van der Waals surface area contributed by atoms with E-state index in [1.54, 1.807) is 0 Å². The van der Waals surface area contributed by atoms with Crippen LogP contribution >= 0.6 is 11.3 Å². The van der Waals surface area contributed by atoms with Crippen molar-refractivity contribution >= 4 is 22.9 Å². The van der Waals surface area contributed by atoms with Crippen LogP contribution in [0.5, 0.6) is 5.75 Å². The topological polar surface area (TPSA) is 88.1 Å². The predicted molar refractivity (Wildman–Crippen MR) is 82.1 cm³/mol. The van der Waals surface area contributed by atoms with Crippen LogP contribution in [-0.4, -0.2) is 12.5 Å². The van der Waals surface area contributed by atoms with Crippen LogP contribution in [0.3, 0.4) is 0 Å². The maximum Gasteiger partial charge on any atom is 0.220 e. The highest BCUT2D eigenvalue weighted by Gasteiger charge is 2.05. The van der Waals surface area contributed by atoms with Gasteiger partial charge in [-0.3, -0.25) is 4.79 Å². The molecule has 108 valence electrons. The number of nitriles is 1. The monoisotopic (exact) mass is 301 g/mol. The maximum atomic E-state index is 10.7. The van der Waals surface area contributed by atoms with Crippen molar-refractivity contribution in [3.8, 4) is 11.8 Å². The van der Waals surface area contributed by atoms with Crippen molar-refractivity contribution < 1.29 is 9.53 Å². The summed E-state index contributed by atoms with van der Waals surface area (Å²) < 4.78 is 5.55. The number of nitrogens with two attached hydrogens (primary N) is 1. The zero-order valence-corrected chi connectivity index (χ0v) is 12.2. The van der Waals surface area contributed by atoms with E-state index in [1.807, 2.05) is 35.7 Å². The van der Waals surface area contributed by atoms with Gasteiger partial charge in [0.15, 0.2) is 0 Å². The van der Waals surface area contributed by atoms with E-state index in [4.69, 9.17) is 15.7 Å². The average Bonchev–Trinajstić information content (AvgIpc) is 2.94. The van der Waals surface area contributed by atoms with Gasteiger partial charge in [0, 0.05) is 16.8 Å². The van der Waals surface area contributed by atoms with Gasteiger partial charge in [0.05, 0.1) is 24.3 Å². The lowest BCUT2D eigenvalue weighted by Gasteiger charge is -2.12. The number of nitrogens with zero attached hydrogens (tertiary/aromatic N) is 1. The number of carbonyl (C=O) groups is 1. The lowest BCUT2D eigenvalue weighted by atomic mass is 10.2. The summed E-state index contributed by atoms with van der Waals surface area (Å²) >= 11 is 1.53. The molecule has 0 aliphatic carbocycles. The van der Waals surface area contributed by atoms with Gasteiger partial charge in [-0.2, -0.15) is 5.26 Å². The Morgan fingerprint density at radius 3 is 2.95 bits per heavy atom. The van der Waals surface area contributed by atoms with E-state index in [0.717, 1.165) is 10.6 Å². The normalized spacial score (nSPS) is 9.86. The molecule has 3 N–H and O–H groups in total. The lowest BCUT2D eigenvalue weighted by Crippen LogP contribution is -2.15. The van der Waals surface area contributed by atoms with E-state index in [1.165, 1.54) is 11.3 Å². The molecule has 0 bridgehead atoms. The molecule has 1 amide bonds. The van der Waals surface area contributed by atoms with E-state index in [0.29, 0.717) is 17.9 Å². The van der Waals surface area contributed by atoms with Gasteiger partial charge in [-0.25, -0.2) is 0 Å². The summed E-state index contributed by atoms with van der Waals surface area (Å²) in [6.45, 7) is 0.869. The number of primary amides is 1. The van der Waals surface area contributed by atoms with Gasteiger partial charge in [-0.05, 0) is 18.2 Å². The predicted octanol–water partition coefficient (Wildman–Crippen LogP) is 2.49. The molecule has 0 saturated carbocycles. The van der Waals surface area contributed by atoms with Crippen molar-refractivity contribution in [1.29, 1.82) is 5.26 Å². The Labute approximate surface area is 127 Å². The first-order chi connectivity index (χ1) is 10.2. The highest BCUT2D eigenvalue weighted by molar-refractivity contribution is 7.10. The SMILES string of the molecule is N#Cc1csc(CNc2ccccc2OCCC(N)=O)c1. The van der Waals surface area contributed by atoms with Crippen LogP contribution in [0.2, 0.25) is 0 Å². The number of anilines is 1. The number of para-hydroxylation sites is 2. The van der Waals surface area contributed by atoms with E-state index in [-0.39, 0.29) is 18.9 Å². The minimum Gasteiger partial charge on any atom is -0.491 e. The molecule has 0 fully saturated rings. The van der Waals surface area contributed by atoms with Crippen LogP contribution in [0.15, 0.2) is 35.7 Å². The molecule has 0 atom stereocenters. The average molecular weight is 301 g/mol. The maximum absolute atomic E-state index is 10.7. The van der Waals surface area contributed by atoms with Gasteiger partial charge in [0.25, 0.3) is 0 Å². The van der Waals surface area contributed by atoms with Crippen molar-refractivity contribution in [1.82, 2.24) is 0 Å². The molecule has 1 aromatic carbocycles. The molecule has 0 spiro atoms. The van der Waals surface area contributed by atoms with Crippen LogP contribution in [0, 0.1) is 11.3 Å². The van der Waals surface area contributed by atoms with E-state index in [2.05, 4.69) is 11.4 Å². The van der Waals surface area contributed by atoms with Gasteiger partial charge < -0.3 is 15.8 Å². The highest BCUT2D eigenvalue weighted by atomic mass is 32.1. The summed E-state index contributed by atoms with van der Waals surface area (Å²) in [5, 5.41) is 13.9. The third-order valence-corrected chi connectivity index (χ3v) is 3.67. The molecule has 0 unspecified atom stereocenters. The summed E-state index contributed by atoms with van der Waals surface area (Å²) in [5.41, 5.74) is 6.60. The highest BCUT2D eigenvalue weighted by Crippen LogP contribution is 2.25. The summed E-state index contributed by atoms with van der Waals surface area (Å²) in [6.07, 6.45) is 0.185. The third-order valence-electron chi connectivity index (χ3n) is 2.73.